The van der Waals surface area contributed by atoms with Crippen LogP contribution in [0.2, 0.25) is 0 Å². The summed E-state index contributed by atoms with van der Waals surface area (Å²) < 4.78 is 14.1. The number of thioether (sulfide) groups is 1. The molecule has 2 saturated heterocycles. The van der Waals surface area contributed by atoms with E-state index in [-0.39, 0.29) is 12.0 Å². The normalized spacial score (nSPS) is 19.0. The van der Waals surface area contributed by atoms with Crippen LogP contribution < -0.4 is 4.74 Å². The van der Waals surface area contributed by atoms with Gasteiger partial charge in [0.05, 0.1) is 29.8 Å². The highest BCUT2D eigenvalue weighted by atomic mass is 32.2. The third-order valence-corrected chi connectivity index (χ3v) is 7.73. The third-order valence-electron chi connectivity index (χ3n) is 6.35. The summed E-state index contributed by atoms with van der Waals surface area (Å²) in [7, 11) is 0. The number of rotatable bonds is 8. The fourth-order valence-corrected chi connectivity index (χ4v) is 5.70. The van der Waals surface area contributed by atoms with E-state index >= 15 is 0 Å². The lowest BCUT2D eigenvalue weighted by Crippen LogP contribution is -2.35. The smallest absolute Gasteiger partial charge is 0.266 e. The highest BCUT2D eigenvalue weighted by Gasteiger charge is 2.35. The molecule has 1 atom stereocenters. The summed E-state index contributed by atoms with van der Waals surface area (Å²) >= 11 is 6.91. The SMILES string of the molecule is Cc1cc(-c2nn(-c3ccccc3)cc2C=C2SC(=S)N(CC3CCCO3)C2=O)ccc1OCC(C)C. The van der Waals surface area contributed by atoms with Crippen LogP contribution in [0.4, 0.5) is 0 Å². The van der Waals surface area contributed by atoms with Crippen molar-refractivity contribution in [3.63, 3.8) is 0 Å². The minimum absolute atomic E-state index is 0.0534. The Morgan fingerprint density at radius 1 is 1.24 bits per heavy atom. The summed E-state index contributed by atoms with van der Waals surface area (Å²) in [5.74, 6) is 1.25. The molecule has 0 bridgehead atoms. The van der Waals surface area contributed by atoms with Crippen LogP contribution in [-0.2, 0) is 9.53 Å². The van der Waals surface area contributed by atoms with Gasteiger partial charge >= 0.3 is 0 Å². The first-order valence-electron chi connectivity index (χ1n) is 12.6. The van der Waals surface area contributed by atoms with E-state index in [9.17, 15) is 4.79 Å². The van der Waals surface area contributed by atoms with Crippen LogP contribution >= 0.6 is 24.0 Å². The number of carbonyl (C=O) groups excluding carboxylic acids is 1. The molecule has 0 N–H and O–H groups in total. The zero-order valence-electron chi connectivity index (χ0n) is 21.3. The van der Waals surface area contributed by atoms with Gasteiger partial charge in [0.2, 0.25) is 0 Å². The molecule has 1 unspecified atom stereocenters. The first kappa shape index (κ1) is 25.7. The first-order valence-corrected chi connectivity index (χ1v) is 13.9. The molecular formula is C29H31N3O3S2. The predicted octanol–water partition coefficient (Wildman–Crippen LogP) is 6.26. The zero-order valence-corrected chi connectivity index (χ0v) is 23.0. The second-order valence-electron chi connectivity index (χ2n) is 9.83. The molecule has 1 amide bonds. The molecule has 6 nitrogen and oxygen atoms in total. The summed E-state index contributed by atoms with van der Waals surface area (Å²) in [6, 6.07) is 16.1. The van der Waals surface area contributed by atoms with Crippen molar-refractivity contribution in [3.8, 4) is 22.7 Å². The number of aromatic nitrogens is 2. The summed E-state index contributed by atoms with van der Waals surface area (Å²) in [4.78, 5) is 15.6. The number of para-hydroxylation sites is 1. The molecule has 37 heavy (non-hydrogen) atoms. The predicted molar refractivity (Wildman–Crippen MR) is 153 cm³/mol. The molecule has 2 aliphatic rings. The molecule has 0 spiro atoms. The number of aryl methyl sites for hydroxylation is 1. The van der Waals surface area contributed by atoms with Crippen molar-refractivity contribution in [2.75, 3.05) is 19.8 Å². The van der Waals surface area contributed by atoms with E-state index in [4.69, 9.17) is 26.8 Å². The van der Waals surface area contributed by atoms with Gasteiger partial charge in [-0.2, -0.15) is 5.10 Å². The van der Waals surface area contributed by atoms with E-state index in [1.165, 1.54) is 11.8 Å². The number of ether oxygens (including phenoxy) is 2. The average molecular weight is 534 g/mol. The average Bonchev–Trinajstić information content (AvgIpc) is 3.61. The van der Waals surface area contributed by atoms with Crippen LogP contribution in [0.1, 0.15) is 37.8 Å². The third kappa shape index (κ3) is 5.81. The van der Waals surface area contributed by atoms with Crippen molar-refractivity contribution in [3.05, 3.63) is 70.8 Å². The van der Waals surface area contributed by atoms with Crippen LogP contribution in [-0.4, -0.2) is 50.8 Å². The van der Waals surface area contributed by atoms with Gasteiger partial charge in [-0.1, -0.05) is 56.0 Å². The molecule has 0 aliphatic carbocycles. The van der Waals surface area contributed by atoms with Gasteiger partial charge in [0.15, 0.2) is 0 Å². The van der Waals surface area contributed by atoms with Gasteiger partial charge in [-0.05, 0) is 67.7 Å². The second kappa shape index (κ2) is 11.2. The Bertz CT molecular complexity index is 1330. The Balaban J connectivity index is 1.49. The molecule has 0 radical (unpaired) electrons. The Morgan fingerprint density at radius 3 is 2.76 bits per heavy atom. The van der Waals surface area contributed by atoms with E-state index in [2.05, 4.69) is 19.9 Å². The van der Waals surface area contributed by atoms with Crippen LogP contribution in [0, 0.1) is 12.8 Å². The summed E-state index contributed by atoms with van der Waals surface area (Å²) in [5, 5.41) is 4.93. The minimum Gasteiger partial charge on any atom is -0.493 e. The fraction of sp³-hybridized carbons (Fsp3) is 0.345. The van der Waals surface area contributed by atoms with Gasteiger partial charge in [0.25, 0.3) is 5.91 Å². The van der Waals surface area contributed by atoms with Crippen molar-refractivity contribution in [2.45, 2.75) is 39.7 Å². The Labute approximate surface area is 227 Å². The van der Waals surface area contributed by atoms with Crippen LogP contribution in [0.15, 0.2) is 59.6 Å². The lowest BCUT2D eigenvalue weighted by Gasteiger charge is -2.18. The quantitative estimate of drug-likeness (QED) is 0.252. The maximum Gasteiger partial charge on any atom is 0.266 e. The molecule has 192 valence electrons. The molecule has 2 aliphatic heterocycles. The molecular weight excluding hydrogens is 502 g/mol. The standard InChI is InChI=1S/C29H31N3O3S2/c1-19(2)18-35-25-12-11-21(14-20(25)3)27-22(16-32(30-27)23-8-5-4-6-9-23)15-26-28(33)31(29(36)37-26)17-24-10-7-13-34-24/h4-6,8-9,11-12,14-16,19,24H,7,10,13,17-18H2,1-3H3. The van der Waals surface area contributed by atoms with Gasteiger partial charge in [0.1, 0.15) is 15.8 Å². The molecule has 3 heterocycles. The van der Waals surface area contributed by atoms with Crippen LogP contribution in [0.3, 0.4) is 0 Å². The molecule has 3 aromatic rings. The highest BCUT2D eigenvalue weighted by Crippen LogP contribution is 2.36. The number of nitrogens with zero attached hydrogens (tertiary/aromatic N) is 3. The second-order valence-corrected chi connectivity index (χ2v) is 11.5. The van der Waals surface area contributed by atoms with Gasteiger partial charge in [0, 0.05) is 23.9 Å². The topological polar surface area (TPSA) is 56.6 Å². The number of thiocarbonyl (C=S) groups is 1. The monoisotopic (exact) mass is 533 g/mol. The Kier molecular flexibility index (Phi) is 7.79. The number of hydrogen-bond acceptors (Lipinski definition) is 6. The number of carbonyl (C=O) groups is 1. The van der Waals surface area contributed by atoms with Crippen LogP contribution in [0.25, 0.3) is 23.0 Å². The summed E-state index contributed by atoms with van der Waals surface area (Å²) in [6.07, 6.45) is 5.92. The summed E-state index contributed by atoms with van der Waals surface area (Å²) in [6.45, 7) is 8.24. The van der Waals surface area contributed by atoms with Crippen molar-refractivity contribution < 1.29 is 14.3 Å². The van der Waals surface area contributed by atoms with Crippen molar-refractivity contribution >= 4 is 40.3 Å². The molecule has 0 saturated carbocycles. The summed E-state index contributed by atoms with van der Waals surface area (Å²) in [5.41, 5.74) is 4.61. The molecule has 1 aromatic heterocycles. The lowest BCUT2D eigenvalue weighted by atomic mass is 10.0. The van der Waals surface area contributed by atoms with Gasteiger partial charge in [-0.3, -0.25) is 9.69 Å². The highest BCUT2D eigenvalue weighted by molar-refractivity contribution is 8.26. The largest absolute Gasteiger partial charge is 0.493 e. The number of amides is 1. The van der Waals surface area contributed by atoms with E-state index < -0.39 is 0 Å². The van der Waals surface area contributed by atoms with E-state index in [0.717, 1.165) is 53.3 Å². The van der Waals surface area contributed by atoms with E-state index in [0.29, 0.717) is 28.3 Å². The molecule has 2 fully saturated rings. The maximum absolute atomic E-state index is 13.3. The van der Waals surface area contributed by atoms with Crippen molar-refractivity contribution in [1.29, 1.82) is 0 Å². The number of benzene rings is 2. The van der Waals surface area contributed by atoms with Crippen LogP contribution in [0.5, 0.6) is 5.75 Å². The van der Waals surface area contributed by atoms with Gasteiger partial charge in [-0.15, -0.1) is 0 Å². The Hall–Kier alpha value is -2.94. The van der Waals surface area contributed by atoms with E-state index in [1.54, 1.807) is 4.90 Å². The van der Waals surface area contributed by atoms with Crippen molar-refractivity contribution in [1.82, 2.24) is 14.7 Å². The first-order chi connectivity index (χ1) is 17.9. The van der Waals surface area contributed by atoms with E-state index in [1.807, 2.05) is 66.3 Å². The van der Waals surface area contributed by atoms with Crippen molar-refractivity contribution in [2.24, 2.45) is 5.92 Å². The molecule has 8 heteroatoms. The van der Waals surface area contributed by atoms with Gasteiger partial charge in [-0.25, -0.2) is 4.68 Å². The van der Waals surface area contributed by atoms with Gasteiger partial charge < -0.3 is 9.47 Å². The molecule has 5 rings (SSSR count). The number of hydrogen-bond donors (Lipinski definition) is 0. The fourth-order valence-electron chi connectivity index (χ4n) is 4.44. The Morgan fingerprint density at radius 2 is 2.05 bits per heavy atom. The minimum atomic E-state index is -0.0717. The zero-order chi connectivity index (χ0) is 25.9. The maximum atomic E-state index is 13.3. The molecule has 2 aromatic carbocycles. The lowest BCUT2D eigenvalue weighted by molar-refractivity contribution is -0.123.